The number of ether oxygens (including phenoxy) is 1. The number of carbonyl (C=O) groups excluding carboxylic acids is 2. The van der Waals surface area contributed by atoms with Crippen LogP contribution in [0.1, 0.15) is 42.5 Å². The van der Waals surface area contributed by atoms with Gasteiger partial charge in [-0.05, 0) is 25.0 Å². The number of amides is 2. The van der Waals surface area contributed by atoms with E-state index in [4.69, 9.17) is 4.74 Å². The summed E-state index contributed by atoms with van der Waals surface area (Å²) in [5.41, 5.74) is 0.161. The topological polar surface area (TPSA) is 75.6 Å². The maximum Gasteiger partial charge on any atom is 0.257 e. The minimum Gasteiger partial charge on any atom is -0.342 e. The number of aromatic nitrogens is 2. The Kier molecular flexibility index (Phi) is 4.98. The summed E-state index contributed by atoms with van der Waals surface area (Å²) in [5, 5.41) is 8.79. The highest BCUT2D eigenvalue weighted by molar-refractivity contribution is 6.05. The van der Waals surface area contributed by atoms with Gasteiger partial charge in [-0.3, -0.25) is 9.59 Å². The molecule has 3 aliphatic heterocycles. The molecule has 7 nitrogen and oxygen atoms in total. The molecule has 0 N–H and O–H groups in total. The van der Waals surface area contributed by atoms with Crippen LogP contribution in [0.4, 0.5) is 8.78 Å². The molecule has 4 aliphatic rings. The molecule has 6 rings (SSSR count). The number of benzene rings is 1. The number of allylic oxidation sites excluding steroid dienone is 3. The first-order chi connectivity index (χ1) is 16.4. The number of nitrogens with zero attached hydrogens (tertiary/aromatic N) is 4. The van der Waals surface area contributed by atoms with E-state index in [0.717, 1.165) is 11.5 Å². The molecule has 3 fully saturated rings. The average Bonchev–Trinajstić information content (AvgIpc) is 3.36. The second kappa shape index (κ2) is 7.94. The van der Waals surface area contributed by atoms with Crippen molar-refractivity contribution in [3.05, 3.63) is 59.8 Å². The standard InChI is InChI=1S/C25H24F2N4O3/c26-16-11-15(12-17(27)13-16)21-5-6-22-31(21)24(33)25(34-22)7-9-30(10-8-25)23(32)19-14-28-29-20-4-2-1-3-18(19)20/h1-4,11,13-15,21-22H,5-10,12H2/t15?,21-,22?/m0/s1. The lowest BCUT2D eigenvalue weighted by Crippen LogP contribution is -2.53. The van der Waals surface area contributed by atoms with Crippen LogP contribution in [0.2, 0.25) is 0 Å². The van der Waals surface area contributed by atoms with Crippen LogP contribution in [0.3, 0.4) is 0 Å². The summed E-state index contributed by atoms with van der Waals surface area (Å²) >= 11 is 0. The number of rotatable bonds is 2. The normalized spacial score (nSPS) is 28.3. The van der Waals surface area contributed by atoms with E-state index in [1.54, 1.807) is 9.80 Å². The van der Waals surface area contributed by atoms with Gasteiger partial charge in [0.1, 0.15) is 17.9 Å². The molecule has 0 radical (unpaired) electrons. The Hall–Kier alpha value is -3.20. The maximum absolute atomic E-state index is 13.9. The largest absolute Gasteiger partial charge is 0.342 e. The molecule has 3 atom stereocenters. The molecule has 2 aromatic rings. The molecule has 176 valence electrons. The number of piperidine rings is 1. The van der Waals surface area contributed by atoms with Gasteiger partial charge in [0.15, 0.2) is 5.60 Å². The number of hydrogen-bond acceptors (Lipinski definition) is 5. The summed E-state index contributed by atoms with van der Waals surface area (Å²) in [7, 11) is 0. The second-order valence-corrected chi connectivity index (χ2v) is 9.50. The van der Waals surface area contributed by atoms with Crippen LogP contribution in [-0.4, -0.2) is 62.8 Å². The molecule has 4 heterocycles. The predicted molar refractivity (Wildman–Crippen MR) is 119 cm³/mol. The van der Waals surface area contributed by atoms with Crippen molar-refractivity contribution < 1.29 is 23.1 Å². The van der Waals surface area contributed by atoms with Gasteiger partial charge in [-0.1, -0.05) is 18.2 Å². The third-order valence-electron chi connectivity index (χ3n) is 7.59. The first-order valence-electron chi connectivity index (χ1n) is 11.7. The quantitative estimate of drug-likeness (QED) is 0.675. The van der Waals surface area contributed by atoms with E-state index in [1.807, 2.05) is 24.3 Å². The molecule has 1 aliphatic carbocycles. The number of likely N-dealkylation sites (tertiary alicyclic amines) is 1. The van der Waals surface area contributed by atoms with Gasteiger partial charge < -0.3 is 14.5 Å². The van der Waals surface area contributed by atoms with E-state index in [0.29, 0.717) is 49.9 Å². The van der Waals surface area contributed by atoms with Crippen LogP contribution < -0.4 is 0 Å². The minimum absolute atomic E-state index is 0.0950. The fraction of sp³-hybridized carbons (Fsp3) is 0.440. The van der Waals surface area contributed by atoms with E-state index in [1.165, 1.54) is 12.3 Å². The van der Waals surface area contributed by atoms with E-state index in [9.17, 15) is 18.4 Å². The lowest BCUT2D eigenvalue weighted by Gasteiger charge is -2.38. The molecule has 2 unspecified atom stereocenters. The summed E-state index contributed by atoms with van der Waals surface area (Å²) in [5.74, 6) is -1.75. The van der Waals surface area contributed by atoms with Crippen molar-refractivity contribution in [2.45, 2.75) is 50.0 Å². The van der Waals surface area contributed by atoms with E-state index < -0.39 is 23.2 Å². The van der Waals surface area contributed by atoms with Gasteiger partial charge in [0.25, 0.3) is 11.8 Å². The number of fused-ring (bicyclic) bond motifs is 2. The molecule has 0 bridgehead atoms. The maximum atomic E-state index is 13.9. The molecule has 9 heteroatoms. The zero-order chi connectivity index (χ0) is 23.4. The van der Waals surface area contributed by atoms with E-state index in [2.05, 4.69) is 10.2 Å². The van der Waals surface area contributed by atoms with Gasteiger partial charge in [-0.2, -0.15) is 10.2 Å². The summed E-state index contributed by atoms with van der Waals surface area (Å²) < 4.78 is 34.0. The van der Waals surface area contributed by atoms with Crippen LogP contribution in [0, 0.1) is 5.92 Å². The Morgan fingerprint density at radius 1 is 1.15 bits per heavy atom. The van der Waals surface area contributed by atoms with Gasteiger partial charge in [0.2, 0.25) is 0 Å². The lowest BCUT2D eigenvalue weighted by atomic mass is 9.86. The average molecular weight is 466 g/mol. The third kappa shape index (κ3) is 3.33. The highest BCUT2D eigenvalue weighted by Gasteiger charge is 2.59. The zero-order valence-corrected chi connectivity index (χ0v) is 18.5. The summed E-state index contributed by atoms with van der Waals surface area (Å²) in [6.45, 7) is 0.754. The number of halogens is 2. The van der Waals surface area contributed by atoms with Crippen molar-refractivity contribution in [1.29, 1.82) is 0 Å². The molecule has 1 aromatic heterocycles. The third-order valence-corrected chi connectivity index (χ3v) is 7.59. The highest BCUT2D eigenvalue weighted by Crippen LogP contribution is 2.46. The van der Waals surface area contributed by atoms with Crippen LogP contribution in [0.25, 0.3) is 10.9 Å². The highest BCUT2D eigenvalue weighted by atomic mass is 19.1. The van der Waals surface area contributed by atoms with Gasteiger partial charge in [-0.25, -0.2) is 8.78 Å². The van der Waals surface area contributed by atoms with Crippen LogP contribution in [0.5, 0.6) is 0 Å². The summed E-state index contributed by atoms with van der Waals surface area (Å²) in [6, 6.07) is 7.09. The van der Waals surface area contributed by atoms with Gasteiger partial charge in [0, 0.05) is 55.8 Å². The van der Waals surface area contributed by atoms with E-state index in [-0.39, 0.29) is 30.5 Å². The molecular formula is C25H24F2N4O3. The summed E-state index contributed by atoms with van der Waals surface area (Å²) in [6.07, 6.45) is 5.60. The molecule has 2 amide bonds. The fourth-order valence-corrected chi connectivity index (χ4v) is 5.91. The minimum atomic E-state index is -0.982. The van der Waals surface area contributed by atoms with Gasteiger partial charge in [0.05, 0.1) is 17.3 Å². The Labute approximate surface area is 195 Å². The second-order valence-electron chi connectivity index (χ2n) is 9.50. The van der Waals surface area contributed by atoms with Crippen LogP contribution >= 0.6 is 0 Å². The Morgan fingerprint density at radius 2 is 1.94 bits per heavy atom. The molecular weight excluding hydrogens is 442 g/mol. The Balaban J connectivity index is 1.18. The van der Waals surface area contributed by atoms with Gasteiger partial charge in [-0.15, -0.1) is 0 Å². The van der Waals surface area contributed by atoms with Crippen molar-refractivity contribution in [2.24, 2.45) is 5.92 Å². The molecule has 1 aromatic carbocycles. The van der Waals surface area contributed by atoms with Crippen molar-refractivity contribution >= 4 is 22.7 Å². The van der Waals surface area contributed by atoms with Crippen LogP contribution in [0.15, 0.2) is 54.3 Å². The fourth-order valence-electron chi connectivity index (χ4n) is 5.91. The molecule has 0 saturated carbocycles. The molecule has 34 heavy (non-hydrogen) atoms. The monoisotopic (exact) mass is 466 g/mol. The molecule has 3 saturated heterocycles. The lowest BCUT2D eigenvalue weighted by molar-refractivity contribution is -0.142. The van der Waals surface area contributed by atoms with Crippen molar-refractivity contribution in [3.63, 3.8) is 0 Å². The van der Waals surface area contributed by atoms with Crippen molar-refractivity contribution in [1.82, 2.24) is 20.0 Å². The van der Waals surface area contributed by atoms with Crippen LogP contribution in [-0.2, 0) is 9.53 Å². The SMILES string of the molecule is O=C(c1cnnc2ccccc12)N1CCC2(CC1)OC1CC[C@@H](C3C=C(F)C=C(F)C3)N1C2=O. The first-order valence-corrected chi connectivity index (χ1v) is 11.7. The smallest absolute Gasteiger partial charge is 0.257 e. The van der Waals surface area contributed by atoms with Gasteiger partial charge >= 0.3 is 0 Å². The number of carbonyl (C=O) groups is 2. The predicted octanol–water partition coefficient (Wildman–Crippen LogP) is 3.68. The first kappa shape index (κ1) is 21.3. The summed E-state index contributed by atoms with van der Waals surface area (Å²) in [4.78, 5) is 30.3. The molecule has 1 spiro atoms. The van der Waals surface area contributed by atoms with Crippen molar-refractivity contribution in [3.8, 4) is 0 Å². The number of hydrogen-bond donors (Lipinski definition) is 0. The van der Waals surface area contributed by atoms with E-state index >= 15 is 0 Å². The Morgan fingerprint density at radius 3 is 2.74 bits per heavy atom. The Bertz CT molecular complexity index is 1230. The van der Waals surface area contributed by atoms with Crippen molar-refractivity contribution in [2.75, 3.05) is 13.1 Å². The zero-order valence-electron chi connectivity index (χ0n) is 18.5.